The average molecular weight is 290 g/mol. The highest BCUT2D eigenvalue weighted by Gasteiger charge is 2.41. The molecule has 116 valence electrons. The van der Waals surface area contributed by atoms with Crippen LogP contribution in [0.3, 0.4) is 0 Å². The van der Waals surface area contributed by atoms with Gasteiger partial charge in [-0.3, -0.25) is 0 Å². The van der Waals surface area contributed by atoms with Crippen LogP contribution in [0.25, 0.3) is 0 Å². The number of hydrogen-bond acceptors (Lipinski definition) is 5. The van der Waals surface area contributed by atoms with E-state index in [1.807, 2.05) is 6.07 Å². The molecule has 21 heavy (non-hydrogen) atoms. The molecule has 0 unspecified atom stereocenters. The van der Waals surface area contributed by atoms with Crippen LogP contribution in [0.2, 0.25) is 0 Å². The topological polar surface area (TPSA) is 59.1 Å². The molecule has 5 nitrogen and oxygen atoms in total. The maximum Gasteiger partial charge on any atom is 0.158 e. The second-order valence-electron chi connectivity index (χ2n) is 6.26. The Morgan fingerprint density at radius 1 is 1.19 bits per heavy atom. The summed E-state index contributed by atoms with van der Waals surface area (Å²) in [5, 5.41) is 7.02. The van der Waals surface area contributed by atoms with Crippen molar-refractivity contribution in [3.63, 3.8) is 0 Å². The number of nitrogens with zero attached hydrogens (tertiary/aromatic N) is 2. The van der Waals surface area contributed by atoms with E-state index in [0.717, 1.165) is 42.3 Å². The average Bonchev–Trinajstić information content (AvgIpc) is 3.36. The van der Waals surface area contributed by atoms with Gasteiger partial charge in [-0.1, -0.05) is 6.92 Å². The molecule has 2 fully saturated rings. The normalized spacial score (nSPS) is 18.0. The zero-order valence-corrected chi connectivity index (χ0v) is 13.1. The van der Waals surface area contributed by atoms with Gasteiger partial charge in [0.05, 0.1) is 0 Å². The first kappa shape index (κ1) is 14.6. The van der Waals surface area contributed by atoms with Crippen molar-refractivity contribution in [2.75, 3.05) is 24.3 Å². The van der Waals surface area contributed by atoms with Crippen molar-refractivity contribution in [3.05, 3.63) is 11.9 Å². The molecular formula is C16H26N4O. The van der Waals surface area contributed by atoms with Crippen molar-refractivity contribution in [1.29, 1.82) is 0 Å². The molecule has 2 aliphatic rings. The third-order valence-electron chi connectivity index (χ3n) is 4.18. The number of hydrogen-bond donors (Lipinski definition) is 2. The number of anilines is 2. The minimum atomic E-state index is 0.452. The fourth-order valence-electron chi connectivity index (χ4n) is 2.81. The number of rotatable bonds is 9. The van der Waals surface area contributed by atoms with Gasteiger partial charge >= 0.3 is 0 Å². The van der Waals surface area contributed by atoms with E-state index in [4.69, 9.17) is 4.74 Å². The van der Waals surface area contributed by atoms with Gasteiger partial charge in [-0.15, -0.1) is 0 Å². The van der Waals surface area contributed by atoms with E-state index in [2.05, 4.69) is 27.5 Å². The first-order chi connectivity index (χ1) is 10.3. The summed E-state index contributed by atoms with van der Waals surface area (Å²) in [6, 6.07) is 2.64. The lowest BCUT2D eigenvalue weighted by molar-refractivity contribution is 0.178. The van der Waals surface area contributed by atoms with Crippen molar-refractivity contribution < 1.29 is 4.74 Å². The van der Waals surface area contributed by atoms with Crippen molar-refractivity contribution in [3.8, 4) is 0 Å². The molecule has 0 aliphatic heterocycles. The van der Waals surface area contributed by atoms with Gasteiger partial charge in [0.2, 0.25) is 0 Å². The summed E-state index contributed by atoms with van der Waals surface area (Å²) in [5.41, 5.74) is 0. The van der Waals surface area contributed by atoms with Crippen molar-refractivity contribution in [1.82, 2.24) is 9.97 Å². The summed E-state index contributed by atoms with van der Waals surface area (Å²) in [5.74, 6) is 4.29. The van der Waals surface area contributed by atoms with Crippen molar-refractivity contribution >= 4 is 11.6 Å². The summed E-state index contributed by atoms with van der Waals surface area (Å²) in [4.78, 5) is 9.11. The first-order valence-electron chi connectivity index (χ1n) is 8.17. The fourth-order valence-corrected chi connectivity index (χ4v) is 2.81. The number of aromatic nitrogens is 2. The van der Waals surface area contributed by atoms with E-state index >= 15 is 0 Å². The molecular weight excluding hydrogens is 264 g/mol. The summed E-state index contributed by atoms with van der Waals surface area (Å²) in [6.07, 6.45) is 6.55. The minimum Gasteiger partial charge on any atom is -0.377 e. The number of methoxy groups -OCH3 is 1. The standard InChI is InChI=1S/C16H26N4O/c1-3-8-17-13-9-14(19-15(18-13)10-21-2)20-16(11-4-5-11)12-6-7-12/h9,11-12,16H,3-8,10H2,1-2H3,(H2,17,18,19,20). The van der Waals surface area contributed by atoms with E-state index in [1.54, 1.807) is 7.11 Å². The van der Waals surface area contributed by atoms with Gasteiger partial charge in [0, 0.05) is 25.8 Å². The molecule has 5 heteroatoms. The van der Waals surface area contributed by atoms with Gasteiger partial charge < -0.3 is 15.4 Å². The number of nitrogens with one attached hydrogen (secondary N) is 2. The minimum absolute atomic E-state index is 0.452. The summed E-state index contributed by atoms with van der Waals surface area (Å²) < 4.78 is 5.19. The van der Waals surface area contributed by atoms with Gasteiger partial charge in [0.15, 0.2) is 5.82 Å². The highest BCUT2D eigenvalue weighted by molar-refractivity contribution is 5.48. The Morgan fingerprint density at radius 3 is 2.43 bits per heavy atom. The van der Waals surface area contributed by atoms with Gasteiger partial charge in [0.1, 0.15) is 18.2 Å². The molecule has 1 heterocycles. The molecule has 1 aromatic rings. The Morgan fingerprint density at radius 2 is 1.86 bits per heavy atom. The predicted octanol–water partition coefficient (Wildman–Crippen LogP) is 3.05. The second-order valence-corrected chi connectivity index (χ2v) is 6.26. The van der Waals surface area contributed by atoms with Crippen LogP contribution in [0.4, 0.5) is 11.6 Å². The molecule has 3 rings (SSSR count). The van der Waals surface area contributed by atoms with E-state index in [0.29, 0.717) is 12.6 Å². The van der Waals surface area contributed by atoms with Crippen molar-refractivity contribution in [2.24, 2.45) is 11.8 Å². The smallest absolute Gasteiger partial charge is 0.158 e. The van der Waals surface area contributed by atoms with E-state index in [-0.39, 0.29) is 0 Å². The van der Waals surface area contributed by atoms with Gasteiger partial charge in [0.25, 0.3) is 0 Å². The molecule has 0 radical (unpaired) electrons. The van der Waals surface area contributed by atoms with Crippen LogP contribution in [-0.2, 0) is 11.3 Å². The Hall–Kier alpha value is -1.36. The lowest BCUT2D eigenvalue weighted by atomic mass is 10.1. The van der Waals surface area contributed by atoms with Gasteiger partial charge in [-0.2, -0.15) is 0 Å². The van der Waals surface area contributed by atoms with Crippen LogP contribution in [-0.4, -0.2) is 29.7 Å². The Labute approximate surface area is 126 Å². The highest BCUT2D eigenvalue weighted by atomic mass is 16.5. The molecule has 2 saturated carbocycles. The van der Waals surface area contributed by atoms with Crippen LogP contribution in [0, 0.1) is 11.8 Å². The first-order valence-corrected chi connectivity index (χ1v) is 8.17. The van der Waals surface area contributed by atoms with Gasteiger partial charge in [-0.25, -0.2) is 9.97 Å². The Bertz CT molecular complexity index is 459. The quantitative estimate of drug-likeness (QED) is 0.732. The third-order valence-corrected chi connectivity index (χ3v) is 4.18. The monoisotopic (exact) mass is 290 g/mol. The van der Waals surface area contributed by atoms with Crippen LogP contribution in [0.15, 0.2) is 6.07 Å². The summed E-state index contributed by atoms with van der Waals surface area (Å²) in [7, 11) is 1.68. The van der Waals surface area contributed by atoms with E-state index in [9.17, 15) is 0 Å². The lowest BCUT2D eigenvalue weighted by Crippen LogP contribution is -2.25. The molecule has 2 N–H and O–H groups in total. The Kier molecular flexibility index (Phi) is 4.58. The van der Waals surface area contributed by atoms with E-state index in [1.165, 1.54) is 25.7 Å². The largest absolute Gasteiger partial charge is 0.377 e. The van der Waals surface area contributed by atoms with Crippen LogP contribution in [0.1, 0.15) is 44.9 Å². The molecule has 2 aliphatic carbocycles. The summed E-state index contributed by atoms with van der Waals surface area (Å²) in [6.45, 7) is 3.53. The SMILES string of the molecule is CCCNc1cc(NC(C2CC2)C2CC2)nc(COC)n1. The zero-order valence-electron chi connectivity index (χ0n) is 13.1. The summed E-state index contributed by atoms with van der Waals surface area (Å²) >= 11 is 0. The molecule has 1 aromatic heterocycles. The highest BCUT2D eigenvalue weighted by Crippen LogP contribution is 2.45. The fraction of sp³-hybridized carbons (Fsp3) is 0.750. The zero-order chi connectivity index (χ0) is 14.7. The van der Waals surface area contributed by atoms with Crippen molar-refractivity contribution in [2.45, 2.75) is 51.7 Å². The maximum absolute atomic E-state index is 5.19. The second kappa shape index (κ2) is 6.60. The predicted molar refractivity (Wildman–Crippen MR) is 84.4 cm³/mol. The molecule has 0 bridgehead atoms. The van der Waals surface area contributed by atoms with Crippen LogP contribution < -0.4 is 10.6 Å². The molecule has 0 aromatic carbocycles. The molecule has 0 spiro atoms. The van der Waals surface area contributed by atoms with Gasteiger partial charge in [-0.05, 0) is 43.9 Å². The van der Waals surface area contributed by atoms with Crippen LogP contribution >= 0.6 is 0 Å². The Balaban J connectivity index is 1.73. The third kappa shape index (κ3) is 4.06. The number of ether oxygens (including phenoxy) is 1. The lowest BCUT2D eigenvalue weighted by Gasteiger charge is -2.19. The molecule has 0 saturated heterocycles. The maximum atomic E-state index is 5.19. The molecule has 0 atom stereocenters. The van der Waals surface area contributed by atoms with E-state index < -0.39 is 0 Å². The van der Waals surface area contributed by atoms with Crippen LogP contribution in [0.5, 0.6) is 0 Å². The molecule has 0 amide bonds.